The van der Waals surface area contributed by atoms with Gasteiger partial charge in [0.1, 0.15) is 17.7 Å². The average Bonchev–Trinajstić information content (AvgIpc) is 3.09. The maximum atomic E-state index is 13.4. The highest BCUT2D eigenvalue weighted by atomic mass is 127. The molecule has 0 aromatic heterocycles. The van der Waals surface area contributed by atoms with E-state index in [0.717, 1.165) is 47.4 Å². The Morgan fingerprint density at radius 1 is 1.19 bits per heavy atom. The Balaban J connectivity index is 1.45. The van der Waals surface area contributed by atoms with Gasteiger partial charge in [-0.05, 0) is 70.8 Å². The molecule has 0 amide bonds. The van der Waals surface area contributed by atoms with Crippen LogP contribution in [-0.4, -0.2) is 24.5 Å². The second-order valence-corrected chi connectivity index (χ2v) is 8.49. The third kappa shape index (κ3) is 4.79. The van der Waals surface area contributed by atoms with Crippen LogP contribution in [0, 0.1) is 15.3 Å². The molecule has 4 rings (SSSR count). The van der Waals surface area contributed by atoms with Gasteiger partial charge >= 0.3 is 0 Å². The molecule has 2 aliphatic rings. The van der Waals surface area contributed by atoms with E-state index in [2.05, 4.69) is 45.7 Å². The molecule has 2 aromatic rings. The Kier molecular flexibility index (Phi) is 5.93. The van der Waals surface area contributed by atoms with Crippen LogP contribution in [-0.2, 0) is 0 Å². The lowest BCUT2D eigenvalue weighted by molar-refractivity contribution is 0.171. The Hall–Kier alpha value is -1.66. The third-order valence-electron chi connectivity index (χ3n) is 5.30. The zero-order chi connectivity index (χ0) is 18.6. The molecule has 1 aliphatic carbocycles. The minimum absolute atomic E-state index is 0.0847. The molecule has 1 aliphatic heterocycles. The summed E-state index contributed by atoms with van der Waals surface area (Å²) < 4.78 is 20.8. The molecule has 0 bridgehead atoms. The van der Waals surface area contributed by atoms with Crippen molar-refractivity contribution in [3.05, 3.63) is 87.3 Å². The van der Waals surface area contributed by atoms with Crippen LogP contribution in [0.3, 0.4) is 0 Å². The molecular weight excluding hydrogens is 452 g/mol. The maximum absolute atomic E-state index is 13.4. The quantitative estimate of drug-likeness (QED) is 0.493. The molecule has 27 heavy (non-hydrogen) atoms. The van der Waals surface area contributed by atoms with Crippen molar-refractivity contribution >= 4 is 22.6 Å². The first kappa shape index (κ1) is 18.7. The van der Waals surface area contributed by atoms with E-state index in [-0.39, 0.29) is 11.9 Å². The van der Waals surface area contributed by atoms with Gasteiger partial charge in [-0.25, -0.2) is 4.39 Å². The second kappa shape index (κ2) is 8.57. The van der Waals surface area contributed by atoms with E-state index in [1.165, 1.54) is 12.1 Å². The summed E-state index contributed by atoms with van der Waals surface area (Å²) in [5, 5.41) is 0. The van der Waals surface area contributed by atoms with E-state index in [1.807, 2.05) is 36.4 Å². The first-order chi connectivity index (χ1) is 13.2. The number of hydrogen-bond donors (Lipinski definition) is 0. The Morgan fingerprint density at radius 3 is 2.81 bits per heavy atom. The third-order valence-corrected chi connectivity index (χ3v) is 5.97. The van der Waals surface area contributed by atoms with E-state index in [1.54, 1.807) is 5.57 Å². The number of halogens is 2. The molecule has 2 atom stereocenters. The van der Waals surface area contributed by atoms with Crippen molar-refractivity contribution in [2.75, 3.05) is 19.6 Å². The largest absolute Gasteiger partial charge is 0.486 e. The Bertz CT molecular complexity index is 846. The molecule has 2 nitrogen and oxygen atoms in total. The van der Waals surface area contributed by atoms with Crippen LogP contribution in [0.2, 0.25) is 0 Å². The van der Waals surface area contributed by atoms with Crippen molar-refractivity contribution in [3.63, 3.8) is 0 Å². The topological polar surface area (TPSA) is 12.5 Å². The van der Waals surface area contributed by atoms with Gasteiger partial charge in [-0.1, -0.05) is 42.0 Å². The van der Waals surface area contributed by atoms with Crippen LogP contribution < -0.4 is 4.74 Å². The summed E-state index contributed by atoms with van der Waals surface area (Å²) >= 11 is 2.29. The van der Waals surface area contributed by atoms with Gasteiger partial charge in [-0.3, -0.25) is 4.90 Å². The fraction of sp³-hybridized carbons (Fsp3) is 0.304. The first-order valence-electron chi connectivity index (χ1n) is 9.43. The highest BCUT2D eigenvalue weighted by Gasteiger charge is 2.28. The van der Waals surface area contributed by atoms with Crippen LogP contribution in [0.5, 0.6) is 5.75 Å². The monoisotopic (exact) mass is 475 g/mol. The van der Waals surface area contributed by atoms with Gasteiger partial charge in [0.25, 0.3) is 0 Å². The van der Waals surface area contributed by atoms with Gasteiger partial charge in [-0.15, -0.1) is 0 Å². The summed E-state index contributed by atoms with van der Waals surface area (Å²) in [7, 11) is 0. The van der Waals surface area contributed by atoms with Gasteiger partial charge in [0, 0.05) is 29.6 Å². The number of hydrogen-bond acceptors (Lipinski definition) is 2. The van der Waals surface area contributed by atoms with E-state index in [4.69, 9.17) is 4.74 Å². The van der Waals surface area contributed by atoms with Crippen LogP contribution in [0.15, 0.2) is 72.3 Å². The predicted molar refractivity (Wildman–Crippen MR) is 115 cm³/mol. The molecule has 0 saturated carbocycles. The summed E-state index contributed by atoms with van der Waals surface area (Å²) in [6, 6.07) is 14.8. The number of likely N-dealkylation sites (tertiary alicyclic amines) is 1. The number of fused-ring (bicyclic) bond motifs is 1. The van der Waals surface area contributed by atoms with E-state index < -0.39 is 0 Å². The fourth-order valence-corrected chi connectivity index (χ4v) is 4.39. The molecular formula is C23H23FINO. The predicted octanol–water partition coefficient (Wildman–Crippen LogP) is 5.76. The van der Waals surface area contributed by atoms with Crippen LogP contribution in [0.1, 0.15) is 24.5 Å². The standard InChI is InChI=1S/C23H23FINO/c24-20-10-8-17(9-11-20)23(27-22-7-3-6-21(25)14-22)12-13-26-15-18-4-1-2-5-19(18)16-26/h1-4,6-11,14,19,23H,5,12-13,15-16H2. The van der Waals surface area contributed by atoms with Crippen molar-refractivity contribution in [2.45, 2.75) is 18.9 Å². The van der Waals surface area contributed by atoms with E-state index in [9.17, 15) is 4.39 Å². The summed E-state index contributed by atoms with van der Waals surface area (Å²) in [5.74, 6) is 1.32. The van der Waals surface area contributed by atoms with Crippen LogP contribution >= 0.6 is 22.6 Å². The molecule has 0 radical (unpaired) electrons. The maximum Gasteiger partial charge on any atom is 0.125 e. The lowest BCUT2D eigenvalue weighted by atomic mass is 9.95. The zero-order valence-corrected chi connectivity index (χ0v) is 17.3. The first-order valence-corrected chi connectivity index (χ1v) is 10.5. The molecule has 0 N–H and O–H groups in total. The van der Waals surface area contributed by atoms with E-state index >= 15 is 0 Å². The molecule has 4 heteroatoms. The Labute approximate surface area is 173 Å². The van der Waals surface area contributed by atoms with Gasteiger partial charge in [0.2, 0.25) is 0 Å². The zero-order valence-electron chi connectivity index (χ0n) is 15.2. The van der Waals surface area contributed by atoms with E-state index in [0.29, 0.717) is 5.92 Å². The molecule has 1 saturated heterocycles. The van der Waals surface area contributed by atoms with Gasteiger partial charge in [0.05, 0.1) is 0 Å². The minimum atomic E-state index is -0.213. The minimum Gasteiger partial charge on any atom is -0.486 e. The van der Waals surface area contributed by atoms with Crippen LogP contribution in [0.4, 0.5) is 4.39 Å². The molecule has 140 valence electrons. The number of allylic oxidation sites excluding steroid dienone is 3. The smallest absolute Gasteiger partial charge is 0.125 e. The second-order valence-electron chi connectivity index (χ2n) is 7.24. The van der Waals surface area contributed by atoms with Crippen molar-refractivity contribution < 1.29 is 9.13 Å². The summed E-state index contributed by atoms with van der Waals surface area (Å²) in [6.07, 6.45) is 8.66. The molecule has 2 aromatic carbocycles. The summed E-state index contributed by atoms with van der Waals surface area (Å²) in [4.78, 5) is 2.51. The number of rotatable bonds is 6. The summed E-state index contributed by atoms with van der Waals surface area (Å²) in [5.41, 5.74) is 2.57. The van der Waals surface area contributed by atoms with Crippen molar-refractivity contribution in [1.82, 2.24) is 4.90 Å². The van der Waals surface area contributed by atoms with Crippen LogP contribution in [0.25, 0.3) is 0 Å². The fourth-order valence-electron chi connectivity index (χ4n) is 3.88. The highest BCUT2D eigenvalue weighted by Crippen LogP contribution is 2.31. The normalized spacial score (nSPS) is 20.2. The lowest BCUT2D eigenvalue weighted by Gasteiger charge is -2.23. The van der Waals surface area contributed by atoms with Crippen molar-refractivity contribution in [1.29, 1.82) is 0 Å². The molecule has 0 spiro atoms. The number of nitrogens with zero attached hydrogens (tertiary/aromatic N) is 1. The van der Waals surface area contributed by atoms with Gasteiger partial charge in [-0.2, -0.15) is 0 Å². The summed E-state index contributed by atoms with van der Waals surface area (Å²) in [6.45, 7) is 3.14. The van der Waals surface area contributed by atoms with Gasteiger partial charge < -0.3 is 4.74 Å². The molecule has 2 unspecified atom stereocenters. The van der Waals surface area contributed by atoms with Gasteiger partial charge in [0.15, 0.2) is 0 Å². The SMILES string of the molecule is Fc1ccc(C(CCN2CC3=CC=CCC3C2)Oc2cccc(I)c2)cc1. The lowest BCUT2D eigenvalue weighted by Crippen LogP contribution is -2.24. The van der Waals surface area contributed by atoms with Crippen molar-refractivity contribution in [3.8, 4) is 5.75 Å². The number of ether oxygens (including phenoxy) is 1. The number of benzene rings is 2. The Morgan fingerprint density at radius 2 is 2.04 bits per heavy atom. The van der Waals surface area contributed by atoms with Crippen molar-refractivity contribution in [2.24, 2.45) is 5.92 Å². The molecule has 1 heterocycles. The molecule has 1 fully saturated rings. The average molecular weight is 475 g/mol. The highest BCUT2D eigenvalue weighted by molar-refractivity contribution is 14.1.